The van der Waals surface area contributed by atoms with E-state index in [1.165, 1.54) is 26.3 Å². The van der Waals surface area contributed by atoms with Gasteiger partial charge >= 0.3 is 17.9 Å². The molecule has 1 saturated heterocycles. The van der Waals surface area contributed by atoms with Crippen LogP contribution in [0.4, 0.5) is 17.3 Å². The summed E-state index contributed by atoms with van der Waals surface area (Å²) in [6.45, 7) is 7.08. The van der Waals surface area contributed by atoms with Crippen LogP contribution >= 0.6 is 0 Å². The zero-order valence-electron chi connectivity index (χ0n) is 20.4. The lowest BCUT2D eigenvalue weighted by molar-refractivity contribution is -0.189. The minimum Gasteiger partial charge on any atom is -0.463 e. The summed E-state index contributed by atoms with van der Waals surface area (Å²) >= 11 is 0. The molecule has 0 saturated carbocycles. The Kier molecular flexibility index (Phi) is 6.43. The summed E-state index contributed by atoms with van der Waals surface area (Å²) in [5.74, 6) is -1.71. The van der Waals surface area contributed by atoms with Crippen LogP contribution in [0.5, 0.6) is 0 Å². The molecular weight excluding hydrogens is 474 g/mol. The van der Waals surface area contributed by atoms with Crippen LogP contribution in [0.3, 0.4) is 0 Å². The fourth-order valence-corrected chi connectivity index (χ4v) is 4.31. The van der Waals surface area contributed by atoms with Crippen LogP contribution in [-0.2, 0) is 33.3 Å². The number of carbonyl (C=O) groups is 3. The SMILES string of the molecule is CC(=O)OCC1OC(n2cc3c(N)cc(=O)nc4c3c2N=CN4)C(C)(OC(=O)C(C)C)C1OC(C)=O. The highest BCUT2D eigenvalue weighted by Crippen LogP contribution is 2.48. The number of aromatic nitrogens is 2. The lowest BCUT2D eigenvalue weighted by Gasteiger charge is -2.35. The number of rotatable bonds is 6. The Balaban J connectivity index is 1.92. The fraction of sp³-hybridized carbons (Fsp3) is 0.478. The molecule has 36 heavy (non-hydrogen) atoms. The van der Waals surface area contributed by atoms with Crippen molar-refractivity contribution in [2.45, 2.75) is 58.7 Å². The molecule has 192 valence electrons. The van der Waals surface area contributed by atoms with E-state index in [4.69, 9.17) is 24.7 Å². The molecule has 2 aliphatic heterocycles. The molecule has 4 rings (SSSR count). The number of hydrogen-bond donors (Lipinski definition) is 2. The standard InChI is InChI=1S/C23H27N5O8/c1-10(2)21(32)36-23(5)18(34-12(4)30)15(8-33-11(3)29)35-22(23)28-7-13-14(24)6-16(31)27-19-17(13)20(28)26-9-25-19/h6-7,9-10,15,18,22H,8,24H2,1-5H3,(H,25,26,27,31). The summed E-state index contributed by atoms with van der Waals surface area (Å²) < 4.78 is 24.5. The third-order valence-electron chi connectivity index (χ3n) is 5.93. The predicted molar refractivity (Wildman–Crippen MR) is 128 cm³/mol. The Bertz CT molecular complexity index is 1340. The van der Waals surface area contributed by atoms with E-state index in [-0.39, 0.29) is 18.1 Å². The Labute approximate surface area is 205 Å². The third kappa shape index (κ3) is 4.37. The van der Waals surface area contributed by atoms with Gasteiger partial charge in [-0.3, -0.25) is 19.2 Å². The molecule has 0 aliphatic carbocycles. The average molecular weight is 501 g/mol. The maximum Gasteiger partial charge on any atom is 0.309 e. The van der Waals surface area contributed by atoms with Crippen LogP contribution in [0.2, 0.25) is 0 Å². The van der Waals surface area contributed by atoms with Crippen LogP contribution in [0.1, 0.15) is 40.8 Å². The van der Waals surface area contributed by atoms with Crippen molar-refractivity contribution >= 4 is 52.3 Å². The second kappa shape index (κ2) is 9.22. The molecule has 2 aliphatic rings. The lowest BCUT2D eigenvalue weighted by Crippen LogP contribution is -2.50. The van der Waals surface area contributed by atoms with Crippen LogP contribution in [0.25, 0.3) is 10.8 Å². The first-order valence-corrected chi connectivity index (χ1v) is 11.3. The van der Waals surface area contributed by atoms with Gasteiger partial charge in [-0.05, 0) is 6.92 Å². The first-order valence-electron chi connectivity index (χ1n) is 11.3. The van der Waals surface area contributed by atoms with Crippen LogP contribution in [0.15, 0.2) is 22.1 Å². The second-order valence-corrected chi connectivity index (χ2v) is 9.07. The number of nitrogen functional groups attached to an aromatic ring is 1. The molecule has 4 heterocycles. The normalized spacial score (nSPS) is 24.4. The van der Waals surface area contributed by atoms with Crippen molar-refractivity contribution in [3.8, 4) is 0 Å². The summed E-state index contributed by atoms with van der Waals surface area (Å²) in [6.07, 6.45) is -0.255. The number of nitrogens with two attached hydrogens (primary N) is 1. The molecule has 4 atom stereocenters. The number of ether oxygens (including phenoxy) is 4. The van der Waals surface area contributed by atoms with Gasteiger partial charge in [-0.2, -0.15) is 4.98 Å². The molecule has 0 radical (unpaired) electrons. The highest BCUT2D eigenvalue weighted by Gasteiger charge is 2.60. The Morgan fingerprint density at radius 1 is 1.28 bits per heavy atom. The monoisotopic (exact) mass is 501 g/mol. The van der Waals surface area contributed by atoms with Gasteiger partial charge < -0.3 is 34.6 Å². The lowest BCUT2D eigenvalue weighted by atomic mass is 9.95. The molecule has 2 aromatic heterocycles. The summed E-state index contributed by atoms with van der Waals surface area (Å²) in [7, 11) is 0. The minimum absolute atomic E-state index is 0.152. The molecule has 4 unspecified atom stereocenters. The van der Waals surface area contributed by atoms with Gasteiger partial charge in [-0.15, -0.1) is 0 Å². The summed E-state index contributed by atoms with van der Waals surface area (Å²) in [5, 5.41) is 3.74. The largest absolute Gasteiger partial charge is 0.463 e. The molecular formula is C23H27N5O8. The van der Waals surface area contributed by atoms with Crippen molar-refractivity contribution in [1.29, 1.82) is 0 Å². The first-order chi connectivity index (χ1) is 16.9. The molecule has 0 bridgehead atoms. The highest BCUT2D eigenvalue weighted by molar-refractivity contribution is 6.10. The zero-order chi connectivity index (χ0) is 26.4. The van der Waals surface area contributed by atoms with Gasteiger partial charge in [-0.1, -0.05) is 13.8 Å². The number of aliphatic imine (C=N–C) groups is 1. The van der Waals surface area contributed by atoms with Gasteiger partial charge in [0.2, 0.25) is 0 Å². The summed E-state index contributed by atoms with van der Waals surface area (Å²) in [6, 6.07) is 1.19. The molecule has 0 spiro atoms. The van der Waals surface area contributed by atoms with Crippen molar-refractivity contribution < 1.29 is 33.3 Å². The third-order valence-corrected chi connectivity index (χ3v) is 5.93. The quantitative estimate of drug-likeness (QED) is 0.433. The van der Waals surface area contributed by atoms with E-state index in [2.05, 4.69) is 15.3 Å². The topological polar surface area (TPSA) is 173 Å². The van der Waals surface area contributed by atoms with Crippen LogP contribution in [0, 0.1) is 5.92 Å². The molecule has 1 fully saturated rings. The maximum absolute atomic E-state index is 12.8. The van der Waals surface area contributed by atoms with Crippen LogP contribution < -0.4 is 16.6 Å². The van der Waals surface area contributed by atoms with E-state index in [9.17, 15) is 19.2 Å². The van der Waals surface area contributed by atoms with Crippen molar-refractivity contribution in [2.75, 3.05) is 17.7 Å². The summed E-state index contributed by atoms with van der Waals surface area (Å²) in [5.41, 5.74) is 4.21. The predicted octanol–water partition coefficient (Wildman–Crippen LogP) is 1.41. The fourth-order valence-electron chi connectivity index (χ4n) is 4.31. The summed E-state index contributed by atoms with van der Waals surface area (Å²) in [4.78, 5) is 56.9. The number of hydrogen-bond acceptors (Lipinski definition) is 12. The van der Waals surface area contributed by atoms with Gasteiger partial charge in [0.15, 0.2) is 17.9 Å². The van der Waals surface area contributed by atoms with Gasteiger partial charge in [0.1, 0.15) is 24.3 Å². The van der Waals surface area contributed by atoms with E-state index >= 15 is 0 Å². The van der Waals surface area contributed by atoms with Gasteiger partial charge in [0, 0.05) is 37.2 Å². The smallest absolute Gasteiger partial charge is 0.309 e. The number of anilines is 2. The van der Waals surface area contributed by atoms with Gasteiger partial charge in [0.25, 0.3) is 5.56 Å². The second-order valence-electron chi connectivity index (χ2n) is 9.07. The maximum atomic E-state index is 12.8. The van der Waals surface area contributed by atoms with E-state index < -0.39 is 53.4 Å². The molecule has 2 aromatic rings. The molecule has 3 N–H and O–H groups in total. The molecule has 0 amide bonds. The van der Waals surface area contributed by atoms with Crippen LogP contribution in [-0.4, -0.2) is 58.2 Å². The zero-order valence-corrected chi connectivity index (χ0v) is 20.4. The first kappa shape index (κ1) is 25.1. The van der Waals surface area contributed by atoms with E-state index in [1.54, 1.807) is 31.5 Å². The van der Waals surface area contributed by atoms with Gasteiger partial charge in [0.05, 0.1) is 17.6 Å². The van der Waals surface area contributed by atoms with Crippen molar-refractivity contribution in [3.63, 3.8) is 0 Å². The highest BCUT2D eigenvalue weighted by atomic mass is 16.7. The Morgan fingerprint density at radius 2 is 2.00 bits per heavy atom. The minimum atomic E-state index is -1.57. The van der Waals surface area contributed by atoms with Crippen molar-refractivity contribution in [3.05, 3.63) is 22.6 Å². The van der Waals surface area contributed by atoms with Crippen molar-refractivity contribution in [2.24, 2.45) is 10.9 Å². The Hall–Kier alpha value is -4.00. The molecule has 0 aromatic carbocycles. The number of carbonyl (C=O) groups excluding carboxylic acids is 3. The Morgan fingerprint density at radius 3 is 2.64 bits per heavy atom. The van der Waals surface area contributed by atoms with Crippen molar-refractivity contribution in [1.82, 2.24) is 9.55 Å². The number of nitrogens with zero attached hydrogens (tertiary/aromatic N) is 3. The average Bonchev–Trinajstić information content (AvgIpc) is 3.24. The molecule has 13 heteroatoms. The number of nitrogens with one attached hydrogen (secondary N) is 1. The van der Waals surface area contributed by atoms with E-state index in [0.717, 1.165) is 0 Å². The molecule has 13 nitrogen and oxygen atoms in total. The van der Waals surface area contributed by atoms with E-state index in [1.807, 2.05) is 0 Å². The van der Waals surface area contributed by atoms with Gasteiger partial charge in [-0.25, -0.2) is 4.99 Å². The number of esters is 3. The van der Waals surface area contributed by atoms with E-state index in [0.29, 0.717) is 16.6 Å².